The Bertz CT molecular complexity index is 1380. The van der Waals surface area contributed by atoms with Gasteiger partial charge in [-0.3, -0.25) is 14.4 Å². The van der Waals surface area contributed by atoms with Crippen molar-refractivity contribution in [3.63, 3.8) is 0 Å². The van der Waals surface area contributed by atoms with Crippen molar-refractivity contribution in [2.75, 3.05) is 19.1 Å². The van der Waals surface area contributed by atoms with Crippen LogP contribution in [0.25, 0.3) is 6.08 Å². The van der Waals surface area contributed by atoms with Crippen LogP contribution in [-0.2, 0) is 9.59 Å². The molecule has 35 heavy (non-hydrogen) atoms. The molecule has 2 fully saturated rings. The molecule has 0 saturated carbocycles. The first-order chi connectivity index (χ1) is 17.0. The molecule has 3 aliphatic heterocycles. The molecule has 2 saturated heterocycles. The summed E-state index contributed by atoms with van der Waals surface area (Å²) in [5.41, 5.74) is 2.19. The van der Waals surface area contributed by atoms with Crippen molar-refractivity contribution >= 4 is 29.4 Å². The van der Waals surface area contributed by atoms with Crippen molar-refractivity contribution in [3.8, 4) is 11.5 Å². The van der Waals surface area contributed by atoms with E-state index in [2.05, 4.69) is 0 Å². The predicted molar refractivity (Wildman–Crippen MR) is 126 cm³/mol. The Kier molecular flexibility index (Phi) is 4.77. The maximum atomic E-state index is 14.0. The molecule has 0 spiro atoms. The second-order valence-corrected chi connectivity index (χ2v) is 8.72. The minimum atomic E-state index is -0.883. The Hall–Kier alpha value is -4.33. The largest absolute Gasteiger partial charge is 0.497 e. The van der Waals surface area contributed by atoms with Gasteiger partial charge in [-0.05, 0) is 41.5 Å². The Morgan fingerprint density at radius 3 is 2.49 bits per heavy atom. The van der Waals surface area contributed by atoms with Gasteiger partial charge in [0.15, 0.2) is 5.76 Å². The highest BCUT2D eigenvalue weighted by Gasteiger charge is 2.65. The molecular formula is C27H22N2O6. The zero-order valence-corrected chi connectivity index (χ0v) is 19.1. The van der Waals surface area contributed by atoms with Crippen LogP contribution < -0.4 is 14.4 Å². The molecule has 8 heteroatoms. The molecule has 1 aromatic heterocycles. The number of carbonyl (C=O) groups is 3. The number of amides is 2. The maximum absolute atomic E-state index is 14.0. The number of fused-ring (bicyclic) bond motifs is 5. The van der Waals surface area contributed by atoms with E-state index >= 15 is 0 Å². The molecule has 3 aliphatic rings. The van der Waals surface area contributed by atoms with Gasteiger partial charge in [0.25, 0.3) is 0 Å². The number of imide groups is 1. The van der Waals surface area contributed by atoms with Gasteiger partial charge >= 0.3 is 0 Å². The van der Waals surface area contributed by atoms with Crippen molar-refractivity contribution in [3.05, 3.63) is 83.9 Å². The summed E-state index contributed by atoms with van der Waals surface area (Å²) in [6, 6.07) is 14.5. The topological polar surface area (TPSA) is 89.3 Å². The van der Waals surface area contributed by atoms with E-state index in [1.807, 2.05) is 41.4 Å². The molecule has 2 aromatic carbocycles. The molecule has 0 radical (unpaired) electrons. The second kappa shape index (κ2) is 7.87. The predicted octanol–water partition coefficient (Wildman–Crippen LogP) is 3.70. The second-order valence-electron chi connectivity index (χ2n) is 8.72. The number of anilines is 1. The molecule has 4 atom stereocenters. The first-order valence-corrected chi connectivity index (χ1v) is 11.3. The third-order valence-corrected chi connectivity index (χ3v) is 7.12. The number of carbonyl (C=O) groups excluding carboxylic acids is 3. The third kappa shape index (κ3) is 2.96. The van der Waals surface area contributed by atoms with Crippen molar-refractivity contribution in [1.29, 1.82) is 0 Å². The molecule has 0 N–H and O–H groups in total. The fraction of sp³-hybridized carbons (Fsp3) is 0.222. The molecule has 0 unspecified atom stereocenters. The van der Waals surface area contributed by atoms with E-state index in [1.54, 1.807) is 30.3 Å². The molecule has 0 aliphatic carbocycles. The fourth-order valence-electron chi connectivity index (χ4n) is 5.63. The Balaban J connectivity index is 1.50. The number of ketones is 1. The summed E-state index contributed by atoms with van der Waals surface area (Å²) in [6.07, 6.45) is 5.15. The number of rotatable bonds is 5. The van der Waals surface area contributed by atoms with Crippen molar-refractivity contribution in [1.82, 2.24) is 4.90 Å². The average molecular weight is 470 g/mol. The molecule has 3 aromatic rings. The Morgan fingerprint density at radius 1 is 0.943 bits per heavy atom. The molecule has 2 amide bonds. The lowest BCUT2D eigenvalue weighted by molar-refractivity contribution is -0.123. The van der Waals surface area contributed by atoms with Crippen molar-refractivity contribution in [2.45, 2.75) is 12.1 Å². The quantitative estimate of drug-likeness (QED) is 0.415. The van der Waals surface area contributed by atoms with E-state index in [0.29, 0.717) is 17.2 Å². The number of furan rings is 1. The van der Waals surface area contributed by atoms with Gasteiger partial charge in [0.1, 0.15) is 17.5 Å². The van der Waals surface area contributed by atoms with Gasteiger partial charge < -0.3 is 18.8 Å². The SMILES string of the molecule is COc1ccc(N2C(=O)[C@@H]3[C@H](C2=O)[C@@H]2c4ccccc4C=CN2[C@H]3C(=O)c2ccco2)c(OC)c1. The zero-order chi connectivity index (χ0) is 24.3. The summed E-state index contributed by atoms with van der Waals surface area (Å²) < 4.78 is 16.1. The summed E-state index contributed by atoms with van der Waals surface area (Å²) in [5.74, 6) is -1.73. The Morgan fingerprint density at radius 2 is 1.74 bits per heavy atom. The van der Waals surface area contributed by atoms with E-state index in [0.717, 1.165) is 16.0 Å². The first kappa shape index (κ1) is 21.2. The standard InChI is InChI=1S/C27H22N2O6/c1-33-16-9-10-18(20(14-16)34-2)29-26(31)21-22(27(29)32)24(25(30)19-8-5-13-35-19)28-12-11-15-6-3-4-7-17(15)23(21)28/h3-14,21-24H,1-2H3/t21-,22+,23-,24+/m0/s1. The van der Waals surface area contributed by atoms with Crippen LogP contribution in [0.4, 0.5) is 5.69 Å². The fourth-order valence-corrected chi connectivity index (χ4v) is 5.63. The number of hydrogen-bond acceptors (Lipinski definition) is 7. The van der Waals surface area contributed by atoms with Crippen LogP contribution in [-0.4, -0.2) is 42.8 Å². The maximum Gasteiger partial charge on any atom is 0.240 e. The smallest absolute Gasteiger partial charge is 0.240 e. The highest BCUT2D eigenvalue weighted by Crippen LogP contribution is 2.54. The molecule has 0 bridgehead atoms. The van der Waals surface area contributed by atoms with Crippen molar-refractivity contribution in [2.24, 2.45) is 11.8 Å². The van der Waals surface area contributed by atoms with Gasteiger partial charge in [-0.15, -0.1) is 0 Å². The van der Waals surface area contributed by atoms with Crippen LogP contribution in [0, 0.1) is 11.8 Å². The van der Waals surface area contributed by atoms with Gasteiger partial charge in [0.2, 0.25) is 17.6 Å². The normalized spacial score (nSPS) is 24.3. The zero-order valence-electron chi connectivity index (χ0n) is 19.1. The van der Waals surface area contributed by atoms with E-state index in [-0.39, 0.29) is 17.5 Å². The van der Waals surface area contributed by atoms with Crippen molar-refractivity contribution < 1.29 is 28.3 Å². The first-order valence-electron chi connectivity index (χ1n) is 11.3. The van der Waals surface area contributed by atoms with Crippen LogP contribution in [0.2, 0.25) is 0 Å². The summed E-state index contributed by atoms with van der Waals surface area (Å²) >= 11 is 0. The highest BCUT2D eigenvalue weighted by molar-refractivity contribution is 6.25. The van der Waals surface area contributed by atoms with Crippen LogP contribution in [0.15, 0.2) is 71.5 Å². The van der Waals surface area contributed by atoms with Gasteiger partial charge in [0.05, 0.1) is 44.0 Å². The number of nitrogens with zero attached hydrogens (tertiary/aromatic N) is 2. The highest BCUT2D eigenvalue weighted by atomic mass is 16.5. The lowest BCUT2D eigenvalue weighted by atomic mass is 9.84. The summed E-state index contributed by atoms with van der Waals surface area (Å²) in [6.45, 7) is 0. The van der Waals surface area contributed by atoms with E-state index < -0.39 is 29.8 Å². The lowest BCUT2D eigenvalue weighted by Crippen LogP contribution is -2.44. The van der Waals surface area contributed by atoms with Gasteiger partial charge in [-0.1, -0.05) is 24.3 Å². The molecule has 8 nitrogen and oxygen atoms in total. The number of hydrogen-bond donors (Lipinski definition) is 0. The molecular weight excluding hydrogens is 448 g/mol. The Labute approximate surface area is 201 Å². The van der Waals surface area contributed by atoms with Crippen LogP contribution in [0.5, 0.6) is 11.5 Å². The monoisotopic (exact) mass is 470 g/mol. The molecule has 4 heterocycles. The molecule has 6 rings (SSSR count). The summed E-state index contributed by atoms with van der Waals surface area (Å²) in [4.78, 5) is 44.6. The summed E-state index contributed by atoms with van der Waals surface area (Å²) in [5, 5.41) is 0. The lowest BCUT2D eigenvalue weighted by Gasteiger charge is -2.35. The molecule has 176 valence electrons. The van der Waals surface area contributed by atoms with E-state index in [1.165, 1.54) is 20.5 Å². The van der Waals surface area contributed by atoms with Crippen LogP contribution >= 0.6 is 0 Å². The number of benzene rings is 2. The number of Topliss-reactive ketones (excluding diaryl/α,β-unsaturated/α-hetero) is 1. The van der Waals surface area contributed by atoms with E-state index in [9.17, 15) is 14.4 Å². The van der Waals surface area contributed by atoms with Gasteiger partial charge in [-0.2, -0.15) is 0 Å². The van der Waals surface area contributed by atoms with Crippen LogP contribution in [0.3, 0.4) is 0 Å². The van der Waals surface area contributed by atoms with Gasteiger partial charge in [-0.25, -0.2) is 4.90 Å². The minimum Gasteiger partial charge on any atom is -0.497 e. The van der Waals surface area contributed by atoms with Crippen LogP contribution in [0.1, 0.15) is 27.7 Å². The minimum absolute atomic E-state index is 0.155. The summed E-state index contributed by atoms with van der Waals surface area (Å²) in [7, 11) is 3.00. The van der Waals surface area contributed by atoms with E-state index in [4.69, 9.17) is 13.9 Å². The van der Waals surface area contributed by atoms with Gasteiger partial charge in [0, 0.05) is 12.3 Å². The number of methoxy groups -OCH3 is 2. The third-order valence-electron chi connectivity index (χ3n) is 7.12. The number of ether oxygens (including phenoxy) is 2. The average Bonchev–Trinajstić information content (AvgIpc) is 3.60.